The molecule has 0 aliphatic carbocycles. The number of aryl methyl sites for hydroxylation is 1. The number of nitrogens with zero attached hydrogens (tertiary/aromatic N) is 2. The van der Waals surface area contributed by atoms with Crippen LogP contribution in [0.4, 0.5) is 11.4 Å². The van der Waals surface area contributed by atoms with Crippen LogP contribution in [0.15, 0.2) is 39.7 Å². The fourth-order valence-electron chi connectivity index (χ4n) is 3.63. The van der Waals surface area contributed by atoms with Crippen LogP contribution in [-0.2, 0) is 14.8 Å². The van der Waals surface area contributed by atoms with Crippen molar-refractivity contribution >= 4 is 90.4 Å². The molecule has 3 rings (SSSR count). The fraction of sp³-hybridized carbons (Fsp3) is 0.381. The summed E-state index contributed by atoms with van der Waals surface area (Å²) in [5.74, 6) is 0.275. The molecule has 2 aromatic carbocycles. The molecule has 0 aromatic heterocycles. The van der Waals surface area contributed by atoms with Gasteiger partial charge in [-0.25, -0.2) is 8.42 Å². The van der Waals surface area contributed by atoms with Crippen LogP contribution in [0, 0.1) is 6.92 Å². The topological polar surface area (TPSA) is 88.2 Å². The lowest BCUT2D eigenvalue weighted by atomic mass is 10.2. The number of halogens is 5. The minimum Gasteiger partial charge on any atom is -0.495 e. The maximum absolute atomic E-state index is 13.2. The molecule has 0 unspecified atom stereocenters. The van der Waals surface area contributed by atoms with Crippen molar-refractivity contribution in [3.8, 4) is 11.5 Å². The van der Waals surface area contributed by atoms with Gasteiger partial charge in [0.1, 0.15) is 5.75 Å². The van der Waals surface area contributed by atoms with E-state index in [0.29, 0.717) is 53.5 Å². The molecule has 14 heteroatoms. The number of hydrogen-bond donors (Lipinski definition) is 1. The predicted molar refractivity (Wildman–Crippen MR) is 146 cm³/mol. The highest BCUT2D eigenvalue weighted by atomic mass is 79.9. The number of piperazine rings is 1. The van der Waals surface area contributed by atoms with Gasteiger partial charge in [0.2, 0.25) is 0 Å². The fourth-order valence-corrected chi connectivity index (χ4v) is 5.80. The van der Waals surface area contributed by atoms with Gasteiger partial charge in [0, 0.05) is 26.2 Å². The van der Waals surface area contributed by atoms with Gasteiger partial charge in [-0.1, -0.05) is 34.8 Å². The number of carbonyl (C=O) groups is 1. The summed E-state index contributed by atoms with van der Waals surface area (Å²) in [5.41, 5.74) is 1.73. The van der Waals surface area contributed by atoms with Gasteiger partial charge >= 0.3 is 0 Å². The molecule has 1 amide bonds. The van der Waals surface area contributed by atoms with E-state index in [1.165, 1.54) is 31.3 Å². The van der Waals surface area contributed by atoms with Gasteiger partial charge in [-0.3, -0.25) is 9.52 Å². The van der Waals surface area contributed by atoms with Crippen LogP contribution in [0.3, 0.4) is 0 Å². The Morgan fingerprint density at radius 1 is 1.06 bits per heavy atom. The number of ether oxygens (including phenoxy) is 2. The zero-order chi connectivity index (χ0) is 25.3. The van der Waals surface area contributed by atoms with Crippen LogP contribution in [-0.4, -0.2) is 63.4 Å². The zero-order valence-corrected chi connectivity index (χ0v) is 24.5. The summed E-state index contributed by atoms with van der Waals surface area (Å²) in [6.45, 7) is 3.26. The molecule has 1 fully saturated rings. The molecular formula is C21H24BrCl4N3O5S. The second-order valence-corrected chi connectivity index (χ2v) is 12.4. The van der Waals surface area contributed by atoms with Crippen molar-refractivity contribution in [2.24, 2.45) is 0 Å². The summed E-state index contributed by atoms with van der Waals surface area (Å²) in [5, 5.41) is 0. The van der Waals surface area contributed by atoms with Gasteiger partial charge in [-0.05, 0) is 58.7 Å². The molecule has 0 spiro atoms. The van der Waals surface area contributed by atoms with E-state index >= 15 is 0 Å². The number of nitrogens with one attached hydrogen (secondary N) is 1. The summed E-state index contributed by atoms with van der Waals surface area (Å²) < 4.78 is 38.5. The van der Waals surface area contributed by atoms with Gasteiger partial charge in [0.15, 0.2) is 5.75 Å². The Balaban J connectivity index is 0.00000432. The predicted octanol–water partition coefficient (Wildman–Crippen LogP) is 5.02. The van der Waals surface area contributed by atoms with Crippen LogP contribution in [0.5, 0.6) is 11.5 Å². The Labute approximate surface area is 234 Å². The van der Waals surface area contributed by atoms with Gasteiger partial charge < -0.3 is 19.3 Å². The second-order valence-electron chi connectivity index (χ2n) is 7.54. The molecule has 0 radical (unpaired) electrons. The molecule has 35 heavy (non-hydrogen) atoms. The van der Waals surface area contributed by atoms with Crippen molar-refractivity contribution in [1.29, 1.82) is 0 Å². The molecular weight excluding hydrogens is 628 g/mol. The van der Waals surface area contributed by atoms with Gasteiger partial charge in [-0.15, -0.1) is 12.4 Å². The Bertz CT molecular complexity index is 1190. The van der Waals surface area contributed by atoms with E-state index in [1.807, 2.05) is 17.9 Å². The number of alkyl halides is 3. The minimum absolute atomic E-state index is 0. The highest BCUT2D eigenvalue weighted by molar-refractivity contribution is 9.10. The number of anilines is 2. The highest BCUT2D eigenvalue weighted by Gasteiger charge is 2.36. The van der Waals surface area contributed by atoms with Crippen molar-refractivity contribution in [3.05, 3.63) is 40.4 Å². The molecule has 194 valence electrons. The zero-order valence-electron chi connectivity index (χ0n) is 19.0. The molecule has 0 atom stereocenters. The largest absolute Gasteiger partial charge is 0.495 e. The van der Waals surface area contributed by atoms with Gasteiger partial charge in [0.05, 0.1) is 35.0 Å². The molecule has 0 saturated carbocycles. The van der Waals surface area contributed by atoms with E-state index in [2.05, 4.69) is 20.7 Å². The van der Waals surface area contributed by atoms with E-state index in [0.717, 1.165) is 5.56 Å². The quantitative estimate of drug-likeness (QED) is 0.442. The molecule has 1 aliphatic heterocycles. The summed E-state index contributed by atoms with van der Waals surface area (Å²) in [4.78, 5) is 15.7. The minimum atomic E-state index is -3.96. The molecule has 1 N–H and O–H groups in total. The molecule has 1 saturated heterocycles. The number of sulfonamides is 1. The number of rotatable bonds is 6. The summed E-state index contributed by atoms with van der Waals surface area (Å²) in [7, 11) is -0.992. The first-order valence-corrected chi connectivity index (χ1v) is 13.4. The second kappa shape index (κ2) is 11.8. The molecule has 1 heterocycles. The van der Waals surface area contributed by atoms with Crippen molar-refractivity contribution < 1.29 is 22.7 Å². The van der Waals surface area contributed by atoms with Crippen LogP contribution in [0.2, 0.25) is 0 Å². The first-order chi connectivity index (χ1) is 15.9. The third kappa shape index (κ3) is 6.93. The standard InChI is InChI=1S/C21H23BrCl3N3O5S.ClH/c1-13-10-15(22)19(33-3)16(11-13)26-34(30,31)14-4-5-18(32-2)17(12-14)27-6-8-28(9-7-27)20(29)21(23,24)25;/h4-5,10-12,26H,6-9H2,1-3H3;1H. The molecule has 2 aromatic rings. The number of amides is 1. The average Bonchev–Trinajstić information content (AvgIpc) is 2.77. The molecule has 1 aliphatic rings. The lowest BCUT2D eigenvalue weighted by Gasteiger charge is -2.37. The van der Waals surface area contributed by atoms with E-state index in [9.17, 15) is 13.2 Å². The third-order valence-electron chi connectivity index (χ3n) is 5.25. The van der Waals surface area contributed by atoms with Crippen LogP contribution < -0.4 is 19.1 Å². The first-order valence-electron chi connectivity index (χ1n) is 10.0. The van der Waals surface area contributed by atoms with E-state index < -0.39 is 19.7 Å². The summed E-state index contributed by atoms with van der Waals surface area (Å²) in [6, 6.07) is 8.10. The highest BCUT2D eigenvalue weighted by Crippen LogP contribution is 2.37. The van der Waals surface area contributed by atoms with Crippen molar-refractivity contribution in [2.45, 2.75) is 15.6 Å². The third-order valence-corrected chi connectivity index (χ3v) is 7.68. The Hall–Kier alpha value is -1.30. The van der Waals surface area contributed by atoms with Crippen LogP contribution in [0.1, 0.15) is 5.56 Å². The van der Waals surface area contributed by atoms with Gasteiger partial charge in [0.25, 0.3) is 19.7 Å². The van der Waals surface area contributed by atoms with Crippen LogP contribution >= 0.6 is 63.1 Å². The first kappa shape index (κ1) is 29.9. The Morgan fingerprint density at radius 3 is 2.23 bits per heavy atom. The van der Waals surface area contributed by atoms with Gasteiger partial charge in [-0.2, -0.15) is 0 Å². The number of carbonyl (C=O) groups excluding carboxylic acids is 1. The Kier molecular flexibility index (Phi) is 10.1. The SMILES string of the molecule is COc1ccc(S(=O)(=O)Nc2cc(C)cc(Br)c2OC)cc1N1CCN(C(=O)C(Cl)(Cl)Cl)CC1.Cl. The number of methoxy groups -OCH3 is 2. The molecule has 8 nitrogen and oxygen atoms in total. The Morgan fingerprint density at radius 2 is 1.69 bits per heavy atom. The molecule has 0 bridgehead atoms. The maximum Gasteiger partial charge on any atom is 0.274 e. The lowest BCUT2D eigenvalue weighted by molar-refractivity contribution is -0.130. The van der Waals surface area contributed by atoms with E-state index in [1.54, 1.807) is 12.1 Å². The van der Waals surface area contributed by atoms with Crippen LogP contribution in [0.25, 0.3) is 0 Å². The number of hydrogen-bond acceptors (Lipinski definition) is 6. The number of benzene rings is 2. The smallest absolute Gasteiger partial charge is 0.274 e. The van der Waals surface area contributed by atoms with E-state index in [4.69, 9.17) is 44.3 Å². The lowest BCUT2D eigenvalue weighted by Crippen LogP contribution is -2.51. The van der Waals surface area contributed by atoms with E-state index in [-0.39, 0.29) is 17.3 Å². The monoisotopic (exact) mass is 649 g/mol. The normalized spacial score (nSPS) is 14.3. The van der Waals surface area contributed by atoms with Crippen molar-refractivity contribution in [2.75, 3.05) is 50.0 Å². The summed E-state index contributed by atoms with van der Waals surface area (Å²) in [6.07, 6.45) is 0. The average molecular weight is 652 g/mol. The maximum atomic E-state index is 13.2. The van der Waals surface area contributed by atoms with Crippen molar-refractivity contribution in [3.63, 3.8) is 0 Å². The summed E-state index contributed by atoms with van der Waals surface area (Å²) >= 11 is 20.5. The van der Waals surface area contributed by atoms with Crippen molar-refractivity contribution in [1.82, 2.24) is 4.90 Å².